The molecule has 1 atom stereocenters. The number of amides is 3. The van der Waals surface area contributed by atoms with Crippen molar-refractivity contribution < 1.29 is 23.6 Å². The molecule has 1 rings (SSSR count). The zero-order valence-electron chi connectivity index (χ0n) is 12.4. The highest BCUT2D eigenvalue weighted by atomic mass is 19.1. The summed E-state index contributed by atoms with van der Waals surface area (Å²) in [7, 11) is 1.32. The third-order valence-electron chi connectivity index (χ3n) is 3.27. The maximum Gasteiger partial charge on any atom is 0.257 e. The number of rotatable bonds is 5. The molecule has 0 bridgehead atoms. The summed E-state index contributed by atoms with van der Waals surface area (Å²) in [6.45, 7) is 4.45. The molecule has 1 unspecified atom stereocenters. The number of hydrogen-bond donors (Lipinski definition) is 1. The van der Waals surface area contributed by atoms with Crippen molar-refractivity contribution in [3.63, 3.8) is 0 Å². The van der Waals surface area contributed by atoms with Gasteiger partial charge in [0.15, 0.2) is 6.29 Å². The maximum absolute atomic E-state index is 13.7. The molecule has 1 saturated heterocycles. The normalized spacial score (nSPS) is 20.0. The first-order valence-electron chi connectivity index (χ1n) is 6.59. The lowest BCUT2D eigenvalue weighted by molar-refractivity contribution is -0.142. The zero-order chi connectivity index (χ0) is 16.9. The van der Waals surface area contributed by atoms with Gasteiger partial charge in [0.05, 0.1) is 5.57 Å². The lowest BCUT2D eigenvalue weighted by atomic mass is 10.0. The number of imide groups is 1. The fourth-order valence-electron chi connectivity index (χ4n) is 2.15. The Morgan fingerprint density at radius 1 is 1.45 bits per heavy atom. The number of carbonyl (C=O) groups excluding carboxylic acids is 4. The van der Waals surface area contributed by atoms with E-state index in [0.717, 1.165) is 11.8 Å². The molecule has 1 fully saturated rings. The highest BCUT2D eigenvalue weighted by Gasteiger charge is 2.34. The SMILES string of the molecule is C=C/C=C(C=O)\C(C(=O)N(C)C1CCC(=O)NC1=O)=C(/C)F. The van der Waals surface area contributed by atoms with Gasteiger partial charge in [0.2, 0.25) is 11.8 Å². The van der Waals surface area contributed by atoms with Crippen LogP contribution in [0.25, 0.3) is 0 Å². The predicted molar refractivity (Wildman–Crippen MR) is 77.1 cm³/mol. The van der Waals surface area contributed by atoms with E-state index in [-0.39, 0.29) is 18.4 Å². The van der Waals surface area contributed by atoms with Crippen molar-refractivity contribution in [1.29, 1.82) is 0 Å². The number of nitrogens with one attached hydrogen (secondary N) is 1. The van der Waals surface area contributed by atoms with Crippen LogP contribution in [0.15, 0.2) is 35.7 Å². The van der Waals surface area contributed by atoms with Crippen LogP contribution in [0.2, 0.25) is 0 Å². The first-order valence-corrected chi connectivity index (χ1v) is 6.59. The molecule has 118 valence electrons. The lowest BCUT2D eigenvalue weighted by Crippen LogP contribution is -2.53. The zero-order valence-corrected chi connectivity index (χ0v) is 12.4. The van der Waals surface area contributed by atoms with Crippen LogP contribution in [0.4, 0.5) is 4.39 Å². The number of aldehydes is 1. The average Bonchev–Trinajstić information content (AvgIpc) is 2.45. The highest BCUT2D eigenvalue weighted by molar-refractivity contribution is 6.08. The number of allylic oxidation sites excluding steroid dienone is 3. The van der Waals surface area contributed by atoms with Crippen LogP contribution in [0.5, 0.6) is 0 Å². The summed E-state index contributed by atoms with van der Waals surface area (Å²) in [6, 6.07) is -0.892. The van der Waals surface area contributed by atoms with Crippen molar-refractivity contribution in [2.45, 2.75) is 25.8 Å². The molecular weight excluding hydrogens is 291 g/mol. The number of halogens is 1. The summed E-state index contributed by atoms with van der Waals surface area (Å²) in [6.07, 6.45) is 3.04. The van der Waals surface area contributed by atoms with Crippen molar-refractivity contribution in [2.24, 2.45) is 0 Å². The monoisotopic (exact) mass is 308 g/mol. The van der Waals surface area contributed by atoms with Gasteiger partial charge in [0.1, 0.15) is 11.9 Å². The molecule has 0 spiro atoms. The van der Waals surface area contributed by atoms with Crippen LogP contribution in [0.1, 0.15) is 19.8 Å². The molecule has 0 aliphatic carbocycles. The number of hydrogen-bond acceptors (Lipinski definition) is 4. The molecule has 1 aliphatic rings. The number of piperidine rings is 1. The standard InChI is InChI=1S/C15H17FN2O4/c1-4-5-10(8-19)13(9(2)16)15(22)18(3)11-6-7-12(20)17-14(11)21/h4-5,8,11H,1,6-7H2,2-3H3,(H,17,20,21)/b10-5-,13-9-. The van der Waals surface area contributed by atoms with E-state index in [2.05, 4.69) is 11.9 Å². The predicted octanol–water partition coefficient (Wildman–Crippen LogP) is 0.805. The minimum atomic E-state index is -0.892. The smallest absolute Gasteiger partial charge is 0.257 e. The Balaban J connectivity index is 3.10. The van der Waals surface area contributed by atoms with Crippen LogP contribution in [0.3, 0.4) is 0 Å². The fraction of sp³-hybridized carbons (Fsp3) is 0.333. The quantitative estimate of drug-likeness (QED) is 0.352. The summed E-state index contributed by atoms with van der Waals surface area (Å²) in [5.74, 6) is -2.69. The van der Waals surface area contributed by atoms with Crippen LogP contribution in [-0.2, 0) is 19.2 Å². The molecule has 1 heterocycles. The van der Waals surface area contributed by atoms with E-state index >= 15 is 0 Å². The van der Waals surface area contributed by atoms with Gasteiger partial charge < -0.3 is 4.90 Å². The molecule has 3 amide bonds. The van der Waals surface area contributed by atoms with Gasteiger partial charge >= 0.3 is 0 Å². The van der Waals surface area contributed by atoms with Crippen molar-refractivity contribution in [3.8, 4) is 0 Å². The molecule has 0 aromatic rings. The van der Waals surface area contributed by atoms with Crippen LogP contribution in [-0.4, -0.2) is 42.0 Å². The maximum atomic E-state index is 13.7. The van der Waals surface area contributed by atoms with Gasteiger partial charge in [-0.3, -0.25) is 24.5 Å². The van der Waals surface area contributed by atoms with Gasteiger partial charge in [0.25, 0.3) is 5.91 Å². The van der Waals surface area contributed by atoms with E-state index in [0.29, 0.717) is 6.29 Å². The van der Waals surface area contributed by atoms with Crippen molar-refractivity contribution >= 4 is 24.0 Å². The summed E-state index contributed by atoms with van der Waals surface area (Å²) < 4.78 is 13.7. The van der Waals surface area contributed by atoms with Crippen molar-refractivity contribution in [2.75, 3.05) is 7.05 Å². The van der Waals surface area contributed by atoms with Gasteiger partial charge in [-0.05, 0) is 13.3 Å². The first-order chi connectivity index (χ1) is 10.3. The Hall–Kier alpha value is -2.57. The van der Waals surface area contributed by atoms with Crippen molar-refractivity contribution in [3.05, 3.63) is 35.7 Å². The fourth-order valence-corrected chi connectivity index (χ4v) is 2.15. The molecular formula is C15H17FN2O4. The molecule has 1 N–H and O–H groups in total. The Labute approximate surface area is 127 Å². The largest absolute Gasteiger partial charge is 0.330 e. The third-order valence-corrected chi connectivity index (χ3v) is 3.27. The second-order valence-electron chi connectivity index (χ2n) is 4.77. The van der Waals surface area contributed by atoms with Gasteiger partial charge in [0, 0.05) is 19.0 Å². The van der Waals surface area contributed by atoms with E-state index in [1.807, 2.05) is 0 Å². The molecule has 6 nitrogen and oxygen atoms in total. The van der Waals surface area contributed by atoms with Crippen molar-refractivity contribution in [1.82, 2.24) is 10.2 Å². The summed E-state index contributed by atoms with van der Waals surface area (Å²) in [5.41, 5.74) is -0.596. The van der Waals surface area contributed by atoms with Crippen LogP contribution in [0, 0.1) is 0 Å². The van der Waals surface area contributed by atoms with E-state index < -0.39 is 35.2 Å². The lowest BCUT2D eigenvalue weighted by Gasteiger charge is -2.30. The molecule has 0 aromatic carbocycles. The summed E-state index contributed by atoms with van der Waals surface area (Å²) in [5, 5.41) is 2.12. The highest BCUT2D eigenvalue weighted by Crippen LogP contribution is 2.20. The van der Waals surface area contributed by atoms with Gasteiger partial charge in [-0.1, -0.05) is 18.7 Å². The van der Waals surface area contributed by atoms with E-state index in [1.165, 1.54) is 19.2 Å². The Morgan fingerprint density at radius 2 is 2.09 bits per heavy atom. The molecule has 22 heavy (non-hydrogen) atoms. The Bertz CT molecular complexity index is 588. The first kappa shape index (κ1) is 17.5. The minimum Gasteiger partial charge on any atom is -0.330 e. The Kier molecular flexibility index (Phi) is 5.91. The van der Waals surface area contributed by atoms with E-state index in [1.54, 1.807) is 0 Å². The average molecular weight is 308 g/mol. The Morgan fingerprint density at radius 3 is 2.55 bits per heavy atom. The van der Waals surface area contributed by atoms with Crippen LogP contribution < -0.4 is 5.32 Å². The van der Waals surface area contributed by atoms with Gasteiger partial charge in [-0.15, -0.1) is 0 Å². The summed E-state index contributed by atoms with van der Waals surface area (Å²) in [4.78, 5) is 47.4. The summed E-state index contributed by atoms with van der Waals surface area (Å²) >= 11 is 0. The van der Waals surface area contributed by atoms with Gasteiger partial charge in [-0.2, -0.15) is 0 Å². The molecule has 0 radical (unpaired) electrons. The molecule has 7 heteroatoms. The topological polar surface area (TPSA) is 83.6 Å². The third kappa shape index (κ3) is 3.75. The van der Waals surface area contributed by atoms with E-state index in [9.17, 15) is 23.6 Å². The number of likely N-dealkylation sites (N-methyl/N-ethyl adjacent to an activating group) is 1. The second-order valence-corrected chi connectivity index (χ2v) is 4.77. The molecule has 1 aliphatic heterocycles. The van der Waals surface area contributed by atoms with Gasteiger partial charge in [-0.25, -0.2) is 4.39 Å². The minimum absolute atomic E-state index is 0.0880. The van der Waals surface area contributed by atoms with E-state index in [4.69, 9.17) is 0 Å². The second kappa shape index (κ2) is 7.44. The molecule has 0 saturated carbocycles. The molecule has 0 aromatic heterocycles. The number of carbonyl (C=O) groups is 4. The van der Waals surface area contributed by atoms with Crippen LogP contribution >= 0.6 is 0 Å². The number of nitrogens with zero attached hydrogens (tertiary/aromatic N) is 1.